The van der Waals surface area contributed by atoms with E-state index < -0.39 is 23.9 Å². The van der Waals surface area contributed by atoms with Gasteiger partial charge in [0.25, 0.3) is 5.91 Å². The summed E-state index contributed by atoms with van der Waals surface area (Å²) in [6.45, 7) is 4.14. The maximum Gasteiger partial charge on any atom is 0.416 e. The molecule has 3 aromatic rings. The van der Waals surface area contributed by atoms with E-state index >= 15 is 0 Å². The summed E-state index contributed by atoms with van der Waals surface area (Å²) in [6.07, 6.45) is -5.14. The van der Waals surface area contributed by atoms with E-state index in [1.807, 2.05) is 6.92 Å². The highest BCUT2D eigenvalue weighted by Gasteiger charge is 2.36. The molecule has 4 heterocycles. The number of nitrogens with zero attached hydrogens (tertiary/aromatic N) is 2. The molecule has 0 aliphatic carbocycles. The fourth-order valence-electron chi connectivity index (χ4n) is 4.73. The largest absolute Gasteiger partial charge is 0.416 e. The van der Waals surface area contributed by atoms with Gasteiger partial charge in [0.2, 0.25) is 0 Å². The minimum absolute atomic E-state index is 0.175. The third kappa shape index (κ3) is 3.44. The van der Waals surface area contributed by atoms with Crippen LogP contribution in [0.4, 0.5) is 19.0 Å². The standard InChI is InChI=1S/C23H23F3N4O3/c1-10-14-6-12(23(24,25)26)4-5-13(14)18(9-33-10)30(3)22(31)17-7-16-20(28-17)15-8-32-11(2)19(15)21(27)29-16/h4-7,10-11,18,28H,8-9H2,1-3H3,(H2,27,29)/t10-,11-,18-/m1/s1. The minimum atomic E-state index is -4.45. The molecule has 174 valence electrons. The number of nitrogens with one attached hydrogen (secondary N) is 1. The summed E-state index contributed by atoms with van der Waals surface area (Å²) >= 11 is 0. The highest BCUT2D eigenvalue weighted by atomic mass is 19.4. The number of benzene rings is 1. The molecule has 0 spiro atoms. The molecule has 5 rings (SSSR count). The lowest BCUT2D eigenvalue weighted by Gasteiger charge is -2.36. The van der Waals surface area contributed by atoms with Crippen LogP contribution in [0, 0.1) is 0 Å². The number of hydrogen-bond donors (Lipinski definition) is 2. The number of amides is 1. The number of nitrogens with two attached hydrogens (primary N) is 1. The second-order valence-electron chi connectivity index (χ2n) is 8.53. The fraction of sp³-hybridized carbons (Fsp3) is 0.391. The summed E-state index contributed by atoms with van der Waals surface area (Å²) < 4.78 is 51.0. The Morgan fingerprint density at radius 2 is 1.94 bits per heavy atom. The van der Waals surface area contributed by atoms with Crippen molar-refractivity contribution in [1.82, 2.24) is 14.9 Å². The van der Waals surface area contributed by atoms with Gasteiger partial charge in [-0.1, -0.05) is 6.07 Å². The number of fused-ring (bicyclic) bond motifs is 4. The summed E-state index contributed by atoms with van der Waals surface area (Å²) in [4.78, 5) is 22.4. The number of alkyl halides is 3. The number of carbonyl (C=O) groups excluding carboxylic acids is 1. The molecular weight excluding hydrogens is 437 g/mol. The zero-order chi connectivity index (χ0) is 23.7. The number of halogens is 3. The molecule has 3 N–H and O–H groups in total. The summed E-state index contributed by atoms with van der Waals surface area (Å²) in [5.74, 6) is 0.0409. The van der Waals surface area contributed by atoms with Gasteiger partial charge in [0.15, 0.2) is 0 Å². The topological polar surface area (TPSA) is 93.5 Å². The number of aromatic nitrogens is 2. The fourth-order valence-corrected chi connectivity index (χ4v) is 4.73. The molecule has 0 fully saturated rings. The Balaban J connectivity index is 1.50. The molecule has 0 unspecified atom stereocenters. The summed E-state index contributed by atoms with van der Waals surface area (Å²) in [7, 11) is 1.61. The van der Waals surface area contributed by atoms with Gasteiger partial charge in [-0.3, -0.25) is 4.79 Å². The van der Waals surface area contributed by atoms with Gasteiger partial charge in [-0.2, -0.15) is 13.2 Å². The van der Waals surface area contributed by atoms with Crippen molar-refractivity contribution in [1.29, 1.82) is 0 Å². The number of pyridine rings is 1. The van der Waals surface area contributed by atoms with E-state index in [0.29, 0.717) is 40.3 Å². The van der Waals surface area contributed by atoms with Crippen molar-refractivity contribution in [2.45, 2.75) is 44.9 Å². The number of likely N-dealkylation sites (N-methyl/N-ethyl adjacent to an activating group) is 1. The van der Waals surface area contributed by atoms with E-state index in [0.717, 1.165) is 23.3 Å². The predicted molar refractivity (Wildman–Crippen MR) is 114 cm³/mol. The van der Waals surface area contributed by atoms with E-state index in [2.05, 4.69) is 9.97 Å². The molecule has 3 atom stereocenters. The average molecular weight is 460 g/mol. The second kappa shape index (κ2) is 7.46. The van der Waals surface area contributed by atoms with Gasteiger partial charge in [-0.15, -0.1) is 0 Å². The van der Waals surface area contributed by atoms with Crippen molar-refractivity contribution < 1.29 is 27.4 Å². The molecule has 0 saturated carbocycles. The van der Waals surface area contributed by atoms with Crippen molar-refractivity contribution in [2.24, 2.45) is 0 Å². The summed E-state index contributed by atoms with van der Waals surface area (Å²) in [5.41, 5.74) is 9.69. The number of rotatable bonds is 2. The van der Waals surface area contributed by atoms with E-state index in [-0.39, 0.29) is 18.6 Å². The van der Waals surface area contributed by atoms with E-state index in [1.165, 1.54) is 11.0 Å². The van der Waals surface area contributed by atoms with Crippen LogP contribution in [0.5, 0.6) is 0 Å². The van der Waals surface area contributed by atoms with E-state index in [1.54, 1.807) is 20.0 Å². The highest BCUT2D eigenvalue weighted by Crippen LogP contribution is 2.40. The molecule has 2 aliphatic rings. The summed E-state index contributed by atoms with van der Waals surface area (Å²) in [5, 5.41) is 0. The third-order valence-corrected chi connectivity index (χ3v) is 6.56. The molecule has 10 heteroatoms. The second-order valence-corrected chi connectivity index (χ2v) is 8.53. The van der Waals surface area contributed by atoms with Crippen LogP contribution >= 0.6 is 0 Å². The lowest BCUT2D eigenvalue weighted by molar-refractivity contribution is -0.137. The normalized spacial score (nSPS) is 22.3. The first kappa shape index (κ1) is 21.7. The average Bonchev–Trinajstić information content (AvgIpc) is 3.36. The van der Waals surface area contributed by atoms with Crippen LogP contribution < -0.4 is 5.73 Å². The van der Waals surface area contributed by atoms with Crippen LogP contribution in [0.2, 0.25) is 0 Å². The van der Waals surface area contributed by atoms with Gasteiger partial charge < -0.3 is 25.1 Å². The maximum atomic E-state index is 13.3. The number of nitrogen functional groups attached to an aromatic ring is 1. The Hall–Kier alpha value is -3.11. The zero-order valence-corrected chi connectivity index (χ0v) is 18.3. The molecule has 7 nitrogen and oxygen atoms in total. The lowest BCUT2D eigenvalue weighted by Crippen LogP contribution is -2.37. The molecule has 1 aromatic carbocycles. The monoisotopic (exact) mass is 460 g/mol. The van der Waals surface area contributed by atoms with Crippen LogP contribution in [-0.2, 0) is 22.3 Å². The molecule has 2 aromatic heterocycles. The Morgan fingerprint density at radius 1 is 1.18 bits per heavy atom. The number of anilines is 1. The Bertz CT molecular complexity index is 1270. The van der Waals surface area contributed by atoms with Crippen LogP contribution in [0.1, 0.15) is 70.4 Å². The van der Waals surface area contributed by atoms with Gasteiger partial charge in [0, 0.05) is 18.2 Å². The van der Waals surface area contributed by atoms with Gasteiger partial charge in [0.1, 0.15) is 11.5 Å². The van der Waals surface area contributed by atoms with E-state index in [9.17, 15) is 18.0 Å². The molecule has 0 radical (unpaired) electrons. The van der Waals surface area contributed by atoms with Gasteiger partial charge in [-0.25, -0.2) is 4.98 Å². The first-order chi connectivity index (χ1) is 15.6. The van der Waals surface area contributed by atoms with E-state index in [4.69, 9.17) is 15.2 Å². The van der Waals surface area contributed by atoms with Crippen molar-refractivity contribution in [3.8, 4) is 0 Å². The number of hydrogen-bond acceptors (Lipinski definition) is 5. The van der Waals surface area contributed by atoms with Crippen LogP contribution in [0.15, 0.2) is 24.3 Å². The minimum Gasteiger partial charge on any atom is -0.383 e. The quantitative estimate of drug-likeness (QED) is 0.580. The van der Waals surface area contributed by atoms with Gasteiger partial charge >= 0.3 is 6.18 Å². The van der Waals surface area contributed by atoms with Crippen molar-refractivity contribution in [3.63, 3.8) is 0 Å². The van der Waals surface area contributed by atoms with Crippen LogP contribution in [0.25, 0.3) is 11.0 Å². The molecule has 0 saturated heterocycles. The van der Waals surface area contributed by atoms with Gasteiger partial charge in [0.05, 0.1) is 48.1 Å². The third-order valence-electron chi connectivity index (χ3n) is 6.56. The predicted octanol–water partition coefficient (Wildman–Crippen LogP) is 4.66. The number of aromatic amines is 1. The number of ether oxygens (including phenoxy) is 2. The summed E-state index contributed by atoms with van der Waals surface area (Å²) in [6, 6.07) is 4.68. The first-order valence-corrected chi connectivity index (χ1v) is 10.6. The maximum absolute atomic E-state index is 13.3. The van der Waals surface area contributed by atoms with Crippen LogP contribution in [-0.4, -0.2) is 34.4 Å². The Kier molecular flexibility index (Phi) is 4.91. The SMILES string of the molecule is C[C@H]1OC[C@@H](N(C)C(=O)c2cc3nc(N)c4c(c3[nH]2)CO[C@@H]4C)c2ccc(C(F)(F)F)cc21. The van der Waals surface area contributed by atoms with Gasteiger partial charge in [-0.05, 0) is 43.2 Å². The van der Waals surface area contributed by atoms with Crippen molar-refractivity contribution in [3.05, 3.63) is 57.8 Å². The molecular formula is C23H23F3N4O3. The first-order valence-electron chi connectivity index (χ1n) is 10.6. The van der Waals surface area contributed by atoms with Crippen molar-refractivity contribution >= 4 is 22.8 Å². The van der Waals surface area contributed by atoms with Crippen molar-refractivity contribution in [2.75, 3.05) is 19.4 Å². The Morgan fingerprint density at radius 3 is 2.67 bits per heavy atom. The number of H-pyrrole nitrogens is 1. The molecule has 1 amide bonds. The number of carbonyl (C=O) groups is 1. The Labute approximate surface area is 187 Å². The highest BCUT2D eigenvalue weighted by molar-refractivity contribution is 5.98. The van der Waals surface area contributed by atoms with Crippen LogP contribution in [0.3, 0.4) is 0 Å². The molecule has 33 heavy (non-hydrogen) atoms. The zero-order valence-electron chi connectivity index (χ0n) is 18.3. The molecule has 0 bridgehead atoms. The lowest BCUT2D eigenvalue weighted by atomic mass is 9.92. The smallest absolute Gasteiger partial charge is 0.383 e. The molecule has 2 aliphatic heterocycles.